The van der Waals surface area contributed by atoms with Gasteiger partial charge >= 0.3 is 0 Å². The number of likely N-dealkylation sites (tertiary alicyclic amines) is 1. The standard InChI is InChI=1S/C34H48ClN3O4/c1-22(39)37-33-17-23-14-24(18-33)16-32(15-23,20-33)19-29(40)36-28-7-5-4-6-27(28)30(41)38-13-12-34(42,31(2,3)21-38)25-8-10-26(35)11-9-25/h8-11,23-24,27-28,42H,4-7,12-21H2,1-3H3,(H,36,40)(H,37,39)/t23?,24?,27-,28+,32?,33?,34-/m0/s1. The molecule has 6 fully saturated rings. The van der Waals surface area contributed by atoms with Crippen LogP contribution in [0, 0.1) is 28.6 Å². The highest BCUT2D eigenvalue weighted by Gasteiger charge is 2.58. The van der Waals surface area contributed by atoms with Crippen LogP contribution in [0.1, 0.15) is 103 Å². The van der Waals surface area contributed by atoms with Crippen molar-refractivity contribution in [3.63, 3.8) is 0 Å². The molecule has 7 rings (SSSR count). The van der Waals surface area contributed by atoms with E-state index in [2.05, 4.69) is 10.6 Å². The molecule has 0 spiro atoms. The van der Waals surface area contributed by atoms with Crippen LogP contribution >= 0.6 is 11.6 Å². The van der Waals surface area contributed by atoms with Crippen molar-refractivity contribution in [3.8, 4) is 0 Å². The molecule has 0 aromatic heterocycles. The van der Waals surface area contributed by atoms with E-state index in [0.717, 1.165) is 63.4 Å². The van der Waals surface area contributed by atoms with E-state index in [1.165, 1.54) is 6.42 Å². The minimum absolute atomic E-state index is 0.0348. The summed E-state index contributed by atoms with van der Waals surface area (Å²) in [6.07, 6.45) is 10.9. The number of carbonyl (C=O) groups excluding carboxylic acids is 3. The van der Waals surface area contributed by atoms with Crippen molar-refractivity contribution < 1.29 is 19.5 Å². The molecule has 5 atom stereocenters. The Balaban J connectivity index is 1.12. The van der Waals surface area contributed by atoms with E-state index in [4.69, 9.17) is 11.6 Å². The van der Waals surface area contributed by atoms with Crippen molar-refractivity contribution in [1.29, 1.82) is 0 Å². The third-order valence-electron chi connectivity index (χ3n) is 11.7. The highest BCUT2D eigenvalue weighted by atomic mass is 35.5. The van der Waals surface area contributed by atoms with E-state index in [1.807, 2.05) is 30.9 Å². The van der Waals surface area contributed by atoms with Crippen LogP contribution in [0.2, 0.25) is 5.02 Å². The summed E-state index contributed by atoms with van der Waals surface area (Å²) in [5.74, 6) is 1.14. The second kappa shape index (κ2) is 10.8. The van der Waals surface area contributed by atoms with E-state index in [0.29, 0.717) is 42.8 Å². The third kappa shape index (κ3) is 5.49. The molecule has 5 aliphatic carbocycles. The number of carbonyl (C=O) groups is 3. The molecule has 1 aliphatic heterocycles. The summed E-state index contributed by atoms with van der Waals surface area (Å²) in [7, 11) is 0. The van der Waals surface area contributed by atoms with Crippen molar-refractivity contribution in [3.05, 3.63) is 34.9 Å². The number of aliphatic hydroxyl groups is 1. The van der Waals surface area contributed by atoms with Crippen LogP contribution in [-0.2, 0) is 20.0 Å². The minimum atomic E-state index is -1.05. The Morgan fingerprint density at radius 2 is 1.69 bits per heavy atom. The average Bonchev–Trinajstić information content (AvgIpc) is 2.88. The van der Waals surface area contributed by atoms with Crippen LogP contribution in [0.5, 0.6) is 0 Å². The smallest absolute Gasteiger partial charge is 0.227 e. The summed E-state index contributed by atoms with van der Waals surface area (Å²) in [5, 5.41) is 19.1. The molecule has 0 radical (unpaired) electrons. The lowest BCUT2D eigenvalue weighted by Gasteiger charge is -2.62. The molecule has 42 heavy (non-hydrogen) atoms. The molecular weight excluding hydrogens is 550 g/mol. The van der Waals surface area contributed by atoms with Crippen molar-refractivity contribution in [2.45, 2.75) is 115 Å². The molecule has 1 aromatic carbocycles. The first kappa shape index (κ1) is 29.9. The van der Waals surface area contributed by atoms with Gasteiger partial charge in [-0.15, -0.1) is 0 Å². The maximum atomic E-state index is 14.0. The van der Waals surface area contributed by atoms with Crippen molar-refractivity contribution in [2.75, 3.05) is 13.1 Å². The predicted octanol–water partition coefficient (Wildman–Crippen LogP) is 5.33. The maximum Gasteiger partial charge on any atom is 0.227 e. The topological polar surface area (TPSA) is 98.7 Å². The van der Waals surface area contributed by atoms with Crippen molar-refractivity contribution in [2.24, 2.45) is 28.6 Å². The molecule has 8 heteroatoms. The second-order valence-corrected chi connectivity index (χ2v) is 15.9. The Hall–Kier alpha value is -2.12. The Bertz CT molecular complexity index is 1220. The van der Waals surface area contributed by atoms with Gasteiger partial charge in [0, 0.05) is 48.5 Å². The van der Waals surface area contributed by atoms with Crippen molar-refractivity contribution in [1.82, 2.24) is 15.5 Å². The fraction of sp³-hybridized carbons (Fsp3) is 0.735. The van der Waals surface area contributed by atoms with Crippen LogP contribution in [0.3, 0.4) is 0 Å². The largest absolute Gasteiger partial charge is 0.384 e. The van der Waals surface area contributed by atoms with Gasteiger partial charge in [0.2, 0.25) is 17.7 Å². The Kier molecular flexibility index (Phi) is 7.69. The van der Waals surface area contributed by atoms with E-state index in [1.54, 1.807) is 19.1 Å². The van der Waals surface area contributed by atoms with Gasteiger partial charge in [-0.05, 0) is 92.7 Å². The minimum Gasteiger partial charge on any atom is -0.384 e. The molecule has 1 aromatic rings. The van der Waals surface area contributed by atoms with Gasteiger partial charge in [-0.3, -0.25) is 14.4 Å². The van der Waals surface area contributed by atoms with Gasteiger partial charge in [0.1, 0.15) is 0 Å². The molecule has 230 valence electrons. The average molecular weight is 598 g/mol. The summed E-state index contributed by atoms with van der Waals surface area (Å²) in [4.78, 5) is 41.7. The first-order valence-electron chi connectivity index (χ1n) is 16.2. The van der Waals surface area contributed by atoms with Gasteiger partial charge in [-0.1, -0.05) is 50.4 Å². The van der Waals surface area contributed by atoms with Gasteiger partial charge in [-0.25, -0.2) is 0 Å². The zero-order valence-electron chi connectivity index (χ0n) is 25.5. The second-order valence-electron chi connectivity index (χ2n) is 15.4. The summed E-state index contributed by atoms with van der Waals surface area (Å²) >= 11 is 6.10. The zero-order valence-corrected chi connectivity index (χ0v) is 26.3. The van der Waals surface area contributed by atoms with Crippen LogP contribution in [0.25, 0.3) is 0 Å². The monoisotopic (exact) mass is 597 g/mol. The molecule has 3 N–H and O–H groups in total. The molecule has 7 nitrogen and oxygen atoms in total. The molecule has 4 bridgehead atoms. The van der Waals surface area contributed by atoms with E-state index >= 15 is 0 Å². The highest BCUT2D eigenvalue weighted by molar-refractivity contribution is 6.30. The molecule has 1 saturated heterocycles. The zero-order chi connectivity index (χ0) is 29.9. The molecule has 6 aliphatic rings. The van der Waals surface area contributed by atoms with E-state index < -0.39 is 11.0 Å². The molecule has 5 saturated carbocycles. The highest BCUT2D eigenvalue weighted by Crippen LogP contribution is 2.63. The first-order valence-corrected chi connectivity index (χ1v) is 16.5. The number of rotatable bonds is 6. The van der Waals surface area contributed by atoms with Crippen LogP contribution in [-0.4, -0.2) is 52.4 Å². The maximum absolute atomic E-state index is 14.0. The lowest BCUT2D eigenvalue weighted by atomic mass is 9.46. The number of halogens is 1. The predicted molar refractivity (Wildman–Crippen MR) is 162 cm³/mol. The van der Waals surface area contributed by atoms with E-state index in [9.17, 15) is 19.5 Å². The quantitative estimate of drug-likeness (QED) is 0.413. The van der Waals surface area contributed by atoms with Gasteiger partial charge in [-0.2, -0.15) is 0 Å². The number of amides is 3. The Morgan fingerprint density at radius 1 is 1.02 bits per heavy atom. The number of piperidine rings is 1. The van der Waals surface area contributed by atoms with Crippen LogP contribution in [0.4, 0.5) is 0 Å². The SMILES string of the molecule is CC(=O)NC12CC3CC(CC(CC(=O)N[C@@H]4CCCC[C@@H]4C(=O)N4CC[C@](O)(c5ccc(Cl)cc5)C(C)(C)C4)(C3)C1)C2. The normalized spacial score (nSPS) is 38.6. The third-order valence-corrected chi connectivity index (χ3v) is 11.9. The van der Waals surface area contributed by atoms with Gasteiger partial charge in [0.05, 0.1) is 11.5 Å². The lowest BCUT2D eigenvalue weighted by Crippen LogP contribution is -2.63. The van der Waals surface area contributed by atoms with Crippen LogP contribution in [0.15, 0.2) is 24.3 Å². The molecular formula is C34H48ClN3O4. The number of benzene rings is 1. The fourth-order valence-electron chi connectivity index (χ4n) is 10.4. The van der Waals surface area contributed by atoms with Crippen LogP contribution < -0.4 is 10.6 Å². The Labute approximate surface area is 255 Å². The fourth-order valence-corrected chi connectivity index (χ4v) is 10.5. The molecule has 1 heterocycles. The Morgan fingerprint density at radius 3 is 2.33 bits per heavy atom. The summed E-state index contributed by atoms with van der Waals surface area (Å²) in [5.41, 5.74) is -0.967. The summed E-state index contributed by atoms with van der Waals surface area (Å²) in [6, 6.07) is 7.23. The summed E-state index contributed by atoms with van der Waals surface area (Å²) in [6.45, 7) is 6.61. The van der Waals surface area contributed by atoms with Crippen molar-refractivity contribution >= 4 is 29.3 Å². The van der Waals surface area contributed by atoms with E-state index in [-0.39, 0.29) is 40.6 Å². The molecule has 3 amide bonds. The summed E-state index contributed by atoms with van der Waals surface area (Å²) < 4.78 is 0. The van der Waals surface area contributed by atoms with Gasteiger partial charge in [0.25, 0.3) is 0 Å². The van der Waals surface area contributed by atoms with Gasteiger partial charge < -0.3 is 20.6 Å². The first-order chi connectivity index (χ1) is 19.8. The lowest BCUT2D eigenvalue weighted by molar-refractivity contribution is -0.158. The number of nitrogens with one attached hydrogen (secondary N) is 2. The molecule has 2 unspecified atom stereocenters. The van der Waals surface area contributed by atoms with Gasteiger partial charge in [0.15, 0.2) is 0 Å². The number of hydrogen-bond donors (Lipinski definition) is 3. The number of nitrogens with zero attached hydrogens (tertiary/aromatic N) is 1. The number of hydrogen-bond acceptors (Lipinski definition) is 4.